The van der Waals surface area contributed by atoms with E-state index in [0.29, 0.717) is 5.76 Å². The van der Waals surface area contributed by atoms with E-state index >= 15 is 0 Å². The number of carbonyl (C=O) groups excluding carboxylic acids is 1. The number of hydrogen-bond donors (Lipinski definition) is 0. The molecule has 4 rings (SSSR count). The van der Waals surface area contributed by atoms with Gasteiger partial charge in [0.15, 0.2) is 12.0 Å². The molecule has 0 N–H and O–H groups in total. The van der Waals surface area contributed by atoms with Crippen molar-refractivity contribution in [3.63, 3.8) is 0 Å². The first kappa shape index (κ1) is 18.3. The van der Waals surface area contributed by atoms with Crippen molar-refractivity contribution < 1.29 is 9.21 Å². The van der Waals surface area contributed by atoms with Gasteiger partial charge in [-0.3, -0.25) is 4.79 Å². The summed E-state index contributed by atoms with van der Waals surface area (Å²) in [4.78, 5) is 10.9. The van der Waals surface area contributed by atoms with Crippen LogP contribution in [-0.4, -0.2) is 10.9 Å². The maximum absolute atomic E-state index is 10.9. The number of aldehydes is 1. The zero-order chi connectivity index (χ0) is 18.8. The van der Waals surface area contributed by atoms with Crippen molar-refractivity contribution in [3.05, 3.63) is 57.9 Å². The second kappa shape index (κ2) is 7.89. The van der Waals surface area contributed by atoms with Crippen molar-refractivity contribution in [1.29, 1.82) is 0 Å². The van der Waals surface area contributed by atoms with Gasteiger partial charge in [-0.1, -0.05) is 26.2 Å². The van der Waals surface area contributed by atoms with Gasteiger partial charge in [0, 0.05) is 37.5 Å². The number of unbranched alkanes of at least 4 members (excludes halogenated alkanes) is 3. The van der Waals surface area contributed by atoms with Gasteiger partial charge in [0.1, 0.15) is 5.76 Å². The first-order valence-corrected chi connectivity index (χ1v) is 10.6. The highest BCUT2D eigenvalue weighted by atomic mass is 127. The summed E-state index contributed by atoms with van der Waals surface area (Å²) >= 11 is 2.37. The molecule has 138 valence electrons. The number of hydrogen-bond acceptors (Lipinski definition) is 2. The largest absolute Gasteiger partial charge is 0.453 e. The molecule has 3 nitrogen and oxygen atoms in total. The van der Waals surface area contributed by atoms with Crippen LogP contribution in [0, 0.1) is 3.57 Å². The zero-order valence-corrected chi connectivity index (χ0v) is 17.5. The average molecular weight is 471 g/mol. The summed E-state index contributed by atoms with van der Waals surface area (Å²) < 4.78 is 9.30. The number of aromatic nitrogens is 1. The molecular weight excluding hydrogens is 449 g/mol. The summed E-state index contributed by atoms with van der Waals surface area (Å²) in [6, 6.07) is 16.7. The summed E-state index contributed by atoms with van der Waals surface area (Å²) in [6.45, 7) is 3.28. The second-order valence-corrected chi connectivity index (χ2v) is 8.17. The van der Waals surface area contributed by atoms with Crippen LogP contribution in [0.5, 0.6) is 0 Å². The van der Waals surface area contributed by atoms with Crippen LogP contribution in [-0.2, 0) is 6.54 Å². The third kappa shape index (κ3) is 3.55. The molecule has 0 bridgehead atoms. The van der Waals surface area contributed by atoms with Crippen molar-refractivity contribution in [3.8, 4) is 11.3 Å². The molecule has 0 radical (unpaired) electrons. The number of halogens is 1. The Morgan fingerprint density at radius 3 is 2.48 bits per heavy atom. The summed E-state index contributed by atoms with van der Waals surface area (Å²) in [5.41, 5.74) is 3.54. The van der Waals surface area contributed by atoms with Gasteiger partial charge in [-0.2, -0.15) is 0 Å². The van der Waals surface area contributed by atoms with Crippen LogP contribution in [0.4, 0.5) is 0 Å². The van der Waals surface area contributed by atoms with Crippen LogP contribution in [0.25, 0.3) is 33.1 Å². The number of nitrogens with zero attached hydrogens (tertiary/aromatic N) is 1. The number of rotatable bonds is 7. The second-order valence-electron chi connectivity index (χ2n) is 6.93. The van der Waals surface area contributed by atoms with Gasteiger partial charge in [-0.15, -0.1) is 0 Å². The molecule has 4 heteroatoms. The molecule has 0 atom stereocenters. The van der Waals surface area contributed by atoms with E-state index < -0.39 is 0 Å². The van der Waals surface area contributed by atoms with E-state index in [9.17, 15) is 4.79 Å². The van der Waals surface area contributed by atoms with Crippen LogP contribution >= 0.6 is 22.6 Å². The topological polar surface area (TPSA) is 35.1 Å². The highest BCUT2D eigenvalue weighted by Gasteiger charge is 2.13. The van der Waals surface area contributed by atoms with Gasteiger partial charge in [0.2, 0.25) is 0 Å². The van der Waals surface area contributed by atoms with Crippen molar-refractivity contribution in [1.82, 2.24) is 4.57 Å². The van der Waals surface area contributed by atoms with E-state index in [1.807, 2.05) is 6.07 Å². The summed E-state index contributed by atoms with van der Waals surface area (Å²) in [5.74, 6) is 1.09. The van der Waals surface area contributed by atoms with Gasteiger partial charge in [-0.25, -0.2) is 0 Å². The van der Waals surface area contributed by atoms with E-state index in [0.717, 1.165) is 24.2 Å². The van der Waals surface area contributed by atoms with E-state index in [-0.39, 0.29) is 0 Å². The fraction of sp³-hybridized carbons (Fsp3) is 0.261. The minimum atomic E-state index is 0.359. The Labute approximate surface area is 172 Å². The molecule has 4 aromatic rings. The number of aryl methyl sites for hydroxylation is 1. The fourth-order valence-corrected chi connectivity index (χ4v) is 4.23. The summed E-state index contributed by atoms with van der Waals surface area (Å²) in [6.07, 6.45) is 5.74. The Morgan fingerprint density at radius 1 is 0.963 bits per heavy atom. The van der Waals surface area contributed by atoms with Gasteiger partial charge in [0.25, 0.3) is 0 Å². The predicted molar refractivity (Wildman–Crippen MR) is 119 cm³/mol. The average Bonchev–Trinajstić information content (AvgIpc) is 3.28. The minimum Gasteiger partial charge on any atom is -0.453 e. The van der Waals surface area contributed by atoms with E-state index in [1.54, 1.807) is 6.07 Å². The molecule has 0 saturated heterocycles. The molecule has 0 spiro atoms. The van der Waals surface area contributed by atoms with Crippen LogP contribution in [0.2, 0.25) is 0 Å². The monoisotopic (exact) mass is 471 g/mol. The summed E-state index contributed by atoms with van der Waals surface area (Å²) in [5, 5.41) is 2.51. The minimum absolute atomic E-state index is 0.359. The highest BCUT2D eigenvalue weighted by molar-refractivity contribution is 14.1. The molecule has 0 aliphatic rings. The van der Waals surface area contributed by atoms with E-state index in [4.69, 9.17) is 4.42 Å². The van der Waals surface area contributed by atoms with Crippen LogP contribution in [0.3, 0.4) is 0 Å². The molecule has 0 fully saturated rings. The van der Waals surface area contributed by atoms with E-state index in [2.05, 4.69) is 70.5 Å². The molecule has 0 aliphatic heterocycles. The first-order valence-electron chi connectivity index (χ1n) is 9.48. The van der Waals surface area contributed by atoms with Crippen molar-refractivity contribution in [2.24, 2.45) is 0 Å². The lowest BCUT2D eigenvalue weighted by Crippen LogP contribution is -1.97. The van der Waals surface area contributed by atoms with Gasteiger partial charge in [0.05, 0.1) is 0 Å². The molecule has 0 saturated carbocycles. The fourth-order valence-electron chi connectivity index (χ4n) is 3.74. The molecule has 2 aromatic heterocycles. The number of furan rings is 1. The summed E-state index contributed by atoms with van der Waals surface area (Å²) in [7, 11) is 0. The third-order valence-electron chi connectivity index (χ3n) is 5.09. The maximum Gasteiger partial charge on any atom is 0.185 e. The van der Waals surface area contributed by atoms with E-state index in [1.165, 1.54) is 51.1 Å². The molecule has 0 amide bonds. The Bertz CT molecular complexity index is 1110. The lowest BCUT2D eigenvalue weighted by atomic mass is 10.1. The maximum atomic E-state index is 10.9. The Hall–Kier alpha value is -2.08. The third-order valence-corrected chi connectivity index (χ3v) is 5.76. The molecule has 0 unspecified atom stereocenters. The SMILES string of the molecule is CCCCCCn1c2ccc(I)cc2c2cc(-c3ccc(C=O)o3)ccc21. The zero-order valence-electron chi connectivity index (χ0n) is 15.4. The number of fused-ring (bicyclic) bond motifs is 3. The van der Waals surface area contributed by atoms with Crippen molar-refractivity contribution in [2.75, 3.05) is 0 Å². The Balaban J connectivity index is 1.83. The first-order chi connectivity index (χ1) is 13.2. The van der Waals surface area contributed by atoms with Gasteiger partial charge < -0.3 is 8.98 Å². The standard InChI is InChI=1S/C23H22INO2/c1-2-3-4-5-12-25-21-9-6-16(23-11-8-18(15-26)27-23)13-19(21)20-14-17(24)7-10-22(20)25/h6-11,13-15H,2-5,12H2,1H3. The van der Waals surface area contributed by atoms with Crippen molar-refractivity contribution in [2.45, 2.75) is 39.2 Å². The number of carbonyl (C=O) groups is 1. The quantitative estimate of drug-likeness (QED) is 0.164. The van der Waals surface area contributed by atoms with Crippen LogP contribution < -0.4 is 0 Å². The van der Waals surface area contributed by atoms with Crippen LogP contribution in [0.1, 0.15) is 43.2 Å². The normalized spacial score (nSPS) is 11.5. The molecular formula is C23H22INO2. The molecule has 0 aliphatic carbocycles. The Morgan fingerprint density at radius 2 is 1.74 bits per heavy atom. The molecule has 2 aromatic carbocycles. The Kier molecular flexibility index (Phi) is 5.34. The highest BCUT2D eigenvalue weighted by Crippen LogP contribution is 2.34. The van der Waals surface area contributed by atoms with Crippen LogP contribution in [0.15, 0.2) is 52.9 Å². The molecule has 2 heterocycles. The van der Waals surface area contributed by atoms with Gasteiger partial charge >= 0.3 is 0 Å². The lowest BCUT2D eigenvalue weighted by Gasteiger charge is -2.07. The predicted octanol–water partition coefficient (Wildman–Crippen LogP) is 7.05. The lowest BCUT2D eigenvalue weighted by molar-refractivity contribution is 0.110. The van der Waals surface area contributed by atoms with Crippen molar-refractivity contribution >= 4 is 50.7 Å². The number of benzene rings is 2. The molecule has 27 heavy (non-hydrogen) atoms. The smallest absolute Gasteiger partial charge is 0.185 e. The van der Waals surface area contributed by atoms with Gasteiger partial charge in [-0.05, 0) is 77.5 Å².